The van der Waals surface area contributed by atoms with Crippen LogP contribution in [0.25, 0.3) is 89.4 Å². The van der Waals surface area contributed by atoms with E-state index < -0.39 is 22.2 Å². The lowest BCUT2D eigenvalue weighted by Gasteiger charge is -2.46. The van der Waals surface area contributed by atoms with Gasteiger partial charge in [-0.1, -0.05) is 136 Å². The van der Waals surface area contributed by atoms with E-state index in [4.69, 9.17) is 37.6 Å². The number of nitrogens with zero attached hydrogens (tertiary/aromatic N) is 13. The van der Waals surface area contributed by atoms with Crippen LogP contribution in [0.5, 0.6) is 0 Å². The molecule has 4 N–H and O–H groups in total. The quantitative estimate of drug-likeness (QED) is 0.0934. The van der Waals surface area contributed by atoms with Crippen LogP contribution in [0.1, 0.15) is 240 Å². The lowest BCUT2D eigenvalue weighted by atomic mass is 9.86. The Balaban J connectivity index is 0.000000139. The van der Waals surface area contributed by atoms with E-state index in [1.54, 1.807) is 112 Å². The number of hydrogen-bond acceptors (Lipinski definition) is 19. The van der Waals surface area contributed by atoms with Crippen LogP contribution < -0.4 is 10.6 Å². The molecule has 0 unspecified atom stereocenters. The average molecular weight is 1850 g/mol. The number of aromatic nitrogens is 9. The Hall–Kier alpha value is -14.4. The molecule has 4 fully saturated rings. The smallest absolute Gasteiger partial charge is 0.291 e. The molecule has 0 radical (unpaired) electrons. The van der Waals surface area contributed by atoms with E-state index in [2.05, 4.69) is 175 Å². The minimum absolute atomic E-state index is 0.161. The van der Waals surface area contributed by atoms with Crippen LogP contribution in [0, 0.1) is 32.4 Å². The highest BCUT2D eigenvalue weighted by atomic mass is 19.1. The van der Waals surface area contributed by atoms with Crippen LogP contribution >= 0.6 is 0 Å². The van der Waals surface area contributed by atoms with Crippen LogP contribution in [-0.4, -0.2) is 210 Å². The van der Waals surface area contributed by atoms with Gasteiger partial charge in [-0.3, -0.25) is 48.6 Å². The molecule has 14 aromatic rings. The molecule has 4 aliphatic heterocycles. The molecule has 4 aliphatic rings. The number of piperazine rings is 4. The Labute approximate surface area is 788 Å². The zero-order valence-electron chi connectivity index (χ0n) is 81.1. The van der Waals surface area contributed by atoms with Crippen molar-refractivity contribution in [2.24, 2.45) is 0 Å². The zero-order chi connectivity index (χ0) is 98.1. The first-order chi connectivity index (χ1) is 63.9. The molecule has 0 bridgehead atoms. The molecule has 0 spiro atoms. The normalized spacial score (nSPS) is 16.0. The van der Waals surface area contributed by atoms with Gasteiger partial charge in [0.15, 0.2) is 45.4 Å². The molecule has 136 heavy (non-hydrogen) atoms. The van der Waals surface area contributed by atoms with Crippen molar-refractivity contribution in [2.75, 3.05) is 65.4 Å². The highest BCUT2D eigenvalue weighted by Gasteiger charge is 2.47. The van der Waals surface area contributed by atoms with E-state index in [9.17, 15) is 47.1 Å². The average Bonchev–Trinajstić information content (AvgIpc) is 1.61. The predicted molar refractivity (Wildman–Crippen MR) is 515 cm³/mol. The number of H-pyrrole nitrogens is 2. The second-order valence-corrected chi connectivity index (χ2v) is 41.0. The van der Waals surface area contributed by atoms with Gasteiger partial charge in [0, 0.05) is 140 Å². The molecule has 10 aromatic heterocycles. The number of benzene rings is 4. The maximum atomic E-state index is 13.7. The number of carbonyl (C=O) groups is 8. The first kappa shape index (κ1) is 96.2. The van der Waals surface area contributed by atoms with E-state index in [1.165, 1.54) is 41.7 Å². The van der Waals surface area contributed by atoms with E-state index in [0.29, 0.717) is 127 Å². The summed E-state index contributed by atoms with van der Waals surface area (Å²) in [6.45, 7) is 47.4. The summed E-state index contributed by atoms with van der Waals surface area (Å²) in [7, 11) is 0. The lowest BCUT2D eigenvalue weighted by Crippen LogP contribution is -2.63. The van der Waals surface area contributed by atoms with Crippen molar-refractivity contribution in [3.63, 3.8) is 0 Å². The molecule has 0 saturated carbocycles. The second kappa shape index (κ2) is 36.8. The molecule has 4 aromatic carbocycles. The zero-order valence-corrected chi connectivity index (χ0v) is 81.1. The van der Waals surface area contributed by atoms with Crippen LogP contribution in [-0.2, 0) is 25.8 Å². The van der Waals surface area contributed by atoms with Gasteiger partial charge in [-0.05, 0) is 177 Å². The van der Waals surface area contributed by atoms with Gasteiger partial charge in [-0.15, -0.1) is 0 Å². The fraction of sp³-hybridized carbons (Fsp3) is 0.381. The maximum absolute atomic E-state index is 13.7. The third-order valence-corrected chi connectivity index (χ3v) is 25.4. The van der Waals surface area contributed by atoms with E-state index in [-0.39, 0.29) is 110 Å². The monoisotopic (exact) mass is 1850 g/mol. The van der Waals surface area contributed by atoms with Crippen molar-refractivity contribution in [1.82, 2.24) is 85.3 Å². The minimum atomic E-state index is -0.943. The van der Waals surface area contributed by atoms with Gasteiger partial charge in [-0.25, -0.2) is 33.7 Å². The summed E-state index contributed by atoms with van der Waals surface area (Å²) in [6, 6.07) is 45.2. The van der Waals surface area contributed by atoms with Gasteiger partial charge in [0.1, 0.15) is 56.8 Å². The fourth-order valence-electron chi connectivity index (χ4n) is 17.5. The minimum Gasteiger partial charge on any atom is -0.449 e. The summed E-state index contributed by atoms with van der Waals surface area (Å²) in [6.07, 6.45) is 1.29. The van der Waals surface area contributed by atoms with Crippen molar-refractivity contribution in [2.45, 2.75) is 197 Å². The number of amides is 8. The summed E-state index contributed by atoms with van der Waals surface area (Å²) in [5.74, 6) is -1.31. The first-order valence-electron chi connectivity index (χ1n) is 45.7. The van der Waals surface area contributed by atoms with Crippen molar-refractivity contribution in [3.8, 4) is 45.0 Å². The number of carbonyl (C=O) groups excluding carboxylic acids is 8. The Morgan fingerprint density at radius 2 is 0.728 bits per heavy atom. The first-order valence-corrected chi connectivity index (χ1v) is 45.7. The van der Waals surface area contributed by atoms with Crippen LogP contribution in [0.4, 0.5) is 8.78 Å². The van der Waals surface area contributed by atoms with Crippen molar-refractivity contribution >= 4 is 91.7 Å². The molecule has 708 valence electrons. The summed E-state index contributed by atoms with van der Waals surface area (Å²) in [5.41, 5.74) is 14.9. The third-order valence-electron chi connectivity index (χ3n) is 25.4. The largest absolute Gasteiger partial charge is 0.449 e. The number of hydrogen-bond donors (Lipinski definition) is 4. The summed E-state index contributed by atoms with van der Waals surface area (Å²) in [5, 5.41) is 18.9. The number of fused-ring (bicyclic) bond motifs is 4. The van der Waals surface area contributed by atoms with Gasteiger partial charge in [0.2, 0.25) is 17.6 Å². The number of nitrogens with one attached hydrogen (secondary N) is 4. The summed E-state index contributed by atoms with van der Waals surface area (Å²) >= 11 is 0. The van der Waals surface area contributed by atoms with Crippen molar-refractivity contribution in [1.29, 1.82) is 0 Å². The second-order valence-electron chi connectivity index (χ2n) is 41.0. The molecular formula is C105H117F2N17O12. The molecule has 29 nitrogen and oxygen atoms in total. The van der Waals surface area contributed by atoms with Crippen molar-refractivity contribution in [3.05, 3.63) is 243 Å². The van der Waals surface area contributed by atoms with E-state index in [1.807, 2.05) is 58.9 Å². The van der Waals surface area contributed by atoms with Gasteiger partial charge < -0.3 is 57.7 Å². The standard InChI is InChI=1S/C29H32FN5O3.C27H29FN6O3.C25H29N3O3.C24H27N3O3/c1-17-13-23(33-32-17)26(36)34-11-12-35(29(5,6)16-34)27(37)24-15-22-25(38-24)20(28(2,3)4)14-21(31-22)18-7-9-19(30)10-8-18;1-26(2,3)18-12-19(16-6-8-17(28)9-7-16)31-20-13-21(37-22(18)20)24(35)34-11-10-33(14-27(34,4)5)25(36)23-29-15-30-32-23;1-15-7-9-16(10-8-15)18-13-17(24(2,3)4)21-19(27-18)14-20(31-21)22(29)28-12-11-26-23(30)25(28,5)6;1-14(2)17-12-18(16-8-6-15(3)7-9-16)26-19-13-20(30-21(17)19)22(28)27-11-10-25-23(29)24(27,4)5/h7-10,13-15H,11-12,16H2,1-6H3,(H,32,33);6-9,12-13,15H,10-11,14H2,1-5H3,(H,29,30,32);7-10,13-14H,11-12H2,1-6H3,(H,26,30);6-9,12-14H,10-11H2,1-5H3,(H,25,29). The number of aromatic amines is 2. The van der Waals surface area contributed by atoms with E-state index in [0.717, 1.165) is 61.6 Å². The van der Waals surface area contributed by atoms with E-state index >= 15 is 0 Å². The number of halogens is 2. The fourth-order valence-corrected chi connectivity index (χ4v) is 17.5. The Bertz CT molecular complexity index is 6940. The van der Waals surface area contributed by atoms with Crippen LogP contribution in [0.2, 0.25) is 0 Å². The summed E-state index contributed by atoms with van der Waals surface area (Å²) < 4.78 is 51.5. The molecule has 18 rings (SSSR count). The predicted octanol–water partition coefficient (Wildman–Crippen LogP) is 18.5. The van der Waals surface area contributed by atoms with Gasteiger partial charge in [0.25, 0.3) is 35.4 Å². The Morgan fingerprint density at radius 3 is 1.05 bits per heavy atom. The number of aryl methyl sites for hydroxylation is 3. The number of pyridine rings is 4. The summed E-state index contributed by atoms with van der Waals surface area (Å²) in [4.78, 5) is 137. The molecule has 14 heterocycles. The number of furan rings is 4. The Kier molecular flexibility index (Phi) is 26.0. The molecule has 0 aliphatic carbocycles. The Morgan fingerprint density at radius 1 is 0.397 bits per heavy atom. The van der Waals surface area contributed by atoms with Crippen LogP contribution in [0.3, 0.4) is 0 Å². The topological polar surface area (TPSA) is 354 Å². The molecule has 0 atom stereocenters. The van der Waals surface area contributed by atoms with Gasteiger partial charge >= 0.3 is 0 Å². The lowest BCUT2D eigenvalue weighted by molar-refractivity contribution is -0.133. The van der Waals surface area contributed by atoms with Crippen LogP contribution in [0.15, 0.2) is 176 Å². The number of rotatable bonds is 11. The van der Waals surface area contributed by atoms with Crippen molar-refractivity contribution < 1.29 is 64.8 Å². The van der Waals surface area contributed by atoms with Gasteiger partial charge in [-0.2, -0.15) is 10.2 Å². The molecular weight excluding hydrogens is 1730 g/mol. The highest BCUT2D eigenvalue weighted by molar-refractivity contribution is 6.04. The highest BCUT2D eigenvalue weighted by Crippen LogP contribution is 2.42. The maximum Gasteiger partial charge on any atom is 0.291 e. The SMILES string of the molecule is CC(C)(C)c1cc(-c2ccc(F)cc2)nc2cc(C(=O)N3CCN(C(=O)c4ncn[nH]4)CC3(C)C)oc12.Cc1cc(C(=O)N2CCN(C(=O)c3cc4nc(-c5ccc(F)cc5)cc(C(C)(C)C)c4o3)C(C)(C)C2)n[nH]1.Cc1ccc(-c2cc(C(C)(C)C)c3oc(C(=O)N4CCNC(=O)C4(C)C)cc3n2)cc1.Cc1ccc(-c2cc(C(C)C)c3oc(C(=O)N4CCNC(=O)C4(C)C)cc3n2)cc1. The third kappa shape index (κ3) is 19.8. The molecule has 4 saturated heterocycles. The molecule has 8 amide bonds. The molecule has 31 heteroatoms. The van der Waals surface area contributed by atoms with Gasteiger partial charge in [0.05, 0.1) is 33.9 Å².